The monoisotopic (exact) mass is 264 g/mol. The molecule has 1 aliphatic rings. The van der Waals surface area contributed by atoms with E-state index in [0.29, 0.717) is 0 Å². The summed E-state index contributed by atoms with van der Waals surface area (Å²) >= 11 is 0. The van der Waals surface area contributed by atoms with Crippen LogP contribution in [0, 0.1) is 0 Å². The van der Waals surface area contributed by atoms with Gasteiger partial charge in [0.05, 0.1) is 46.2 Å². The third-order valence-electron chi connectivity index (χ3n) is 3.08. The topological polar surface area (TPSA) is 43.3 Å². The van der Waals surface area contributed by atoms with Crippen LogP contribution in [0.2, 0.25) is 0 Å². The minimum atomic E-state index is 0.719. The van der Waals surface area contributed by atoms with E-state index in [1.54, 1.807) is 14.2 Å². The molecule has 0 amide bonds. The van der Waals surface area contributed by atoms with E-state index >= 15 is 0 Å². The lowest BCUT2D eigenvalue weighted by Gasteiger charge is -2.24. The van der Waals surface area contributed by atoms with Gasteiger partial charge in [-0.05, 0) is 25.1 Å². The van der Waals surface area contributed by atoms with Crippen LogP contribution in [0.5, 0.6) is 11.5 Å². The zero-order valence-corrected chi connectivity index (χ0v) is 11.7. The number of methoxy groups -OCH3 is 2. The largest absolute Gasteiger partial charge is 0.493 e. The van der Waals surface area contributed by atoms with Crippen molar-refractivity contribution in [2.75, 3.05) is 40.5 Å². The number of rotatable bonds is 4. The van der Waals surface area contributed by atoms with Gasteiger partial charge >= 0.3 is 0 Å². The molecule has 0 saturated carbocycles. The van der Waals surface area contributed by atoms with Crippen molar-refractivity contribution in [2.24, 2.45) is 5.10 Å². The molecule has 1 fully saturated rings. The van der Waals surface area contributed by atoms with Crippen molar-refractivity contribution < 1.29 is 14.2 Å². The minimum absolute atomic E-state index is 0.719. The first kappa shape index (κ1) is 13.7. The standard InChI is InChI=1S/C14H20N2O3/c1-11(15-16-6-8-19-9-7-16)12-4-5-13(17-2)14(10-12)18-3/h4-5,10H,6-9H2,1-3H3. The molecule has 5 nitrogen and oxygen atoms in total. The molecular formula is C14H20N2O3. The zero-order valence-electron chi connectivity index (χ0n) is 11.7. The molecule has 0 atom stereocenters. The van der Waals surface area contributed by atoms with Crippen molar-refractivity contribution in [1.82, 2.24) is 5.01 Å². The van der Waals surface area contributed by atoms with Crippen LogP contribution in [0.1, 0.15) is 12.5 Å². The highest BCUT2D eigenvalue weighted by molar-refractivity contribution is 5.99. The van der Waals surface area contributed by atoms with E-state index in [-0.39, 0.29) is 0 Å². The summed E-state index contributed by atoms with van der Waals surface area (Å²) in [6.45, 7) is 5.15. The van der Waals surface area contributed by atoms with Gasteiger partial charge in [0.25, 0.3) is 0 Å². The second-order valence-corrected chi connectivity index (χ2v) is 4.32. The summed E-state index contributed by atoms with van der Waals surface area (Å²) in [5.41, 5.74) is 1.99. The average molecular weight is 264 g/mol. The Morgan fingerprint density at radius 1 is 1.16 bits per heavy atom. The van der Waals surface area contributed by atoms with Gasteiger partial charge in [-0.2, -0.15) is 5.10 Å². The maximum atomic E-state index is 5.31. The summed E-state index contributed by atoms with van der Waals surface area (Å²) in [4.78, 5) is 0. The molecule has 0 aliphatic carbocycles. The number of nitrogens with zero attached hydrogens (tertiary/aromatic N) is 2. The smallest absolute Gasteiger partial charge is 0.161 e. The number of benzene rings is 1. The van der Waals surface area contributed by atoms with E-state index in [9.17, 15) is 0 Å². The molecule has 1 heterocycles. The van der Waals surface area contributed by atoms with Crippen LogP contribution < -0.4 is 9.47 Å². The lowest BCUT2D eigenvalue weighted by atomic mass is 10.1. The summed E-state index contributed by atoms with van der Waals surface area (Å²) in [5.74, 6) is 1.45. The van der Waals surface area contributed by atoms with Gasteiger partial charge in [-0.25, -0.2) is 0 Å². The molecule has 5 heteroatoms. The van der Waals surface area contributed by atoms with Gasteiger partial charge in [-0.3, -0.25) is 5.01 Å². The molecule has 1 aliphatic heterocycles. The highest BCUT2D eigenvalue weighted by Crippen LogP contribution is 2.27. The third-order valence-corrected chi connectivity index (χ3v) is 3.08. The van der Waals surface area contributed by atoms with Gasteiger partial charge in [0.1, 0.15) is 0 Å². The molecule has 2 rings (SSSR count). The highest BCUT2D eigenvalue weighted by atomic mass is 16.5. The van der Waals surface area contributed by atoms with Crippen LogP contribution in [0.25, 0.3) is 0 Å². The number of hydrogen-bond acceptors (Lipinski definition) is 5. The van der Waals surface area contributed by atoms with Crippen LogP contribution in [-0.2, 0) is 4.74 Å². The molecule has 1 aromatic rings. The Morgan fingerprint density at radius 3 is 2.47 bits per heavy atom. The van der Waals surface area contributed by atoms with E-state index in [1.807, 2.05) is 30.1 Å². The lowest BCUT2D eigenvalue weighted by molar-refractivity contribution is 0.0393. The fourth-order valence-electron chi connectivity index (χ4n) is 1.98. The molecule has 1 saturated heterocycles. The summed E-state index contributed by atoms with van der Waals surface area (Å²) in [7, 11) is 3.27. The van der Waals surface area contributed by atoms with Crippen molar-refractivity contribution in [3.05, 3.63) is 23.8 Å². The highest BCUT2D eigenvalue weighted by Gasteiger charge is 2.10. The van der Waals surface area contributed by atoms with E-state index in [2.05, 4.69) is 5.10 Å². The number of hydrazone groups is 1. The second-order valence-electron chi connectivity index (χ2n) is 4.32. The SMILES string of the molecule is COc1ccc(C(C)=NN2CCOCC2)cc1OC. The van der Waals surface area contributed by atoms with Crippen LogP contribution in [0.3, 0.4) is 0 Å². The number of morpholine rings is 1. The first-order valence-corrected chi connectivity index (χ1v) is 6.35. The van der Waals surface area contributed by atoms with E-state index in [0.717, 1.165) is 49.1 Å². The molecule has 1 aromatic carbocycles. The Bertz CT molecular complexity index is 454. The summed E-state index contributed by atoms with van der Waals surface area (Å²) in [5, 5.41) is 6.65. The van der Waals surface area contributed by atoms with Gasteiger partial charge in [-0.15, -0.1) is 0 Å². The maximum Gasteiger partial charge on any atom is 0.161 e. The Kier molecular flexibility index (Phi) is 4.63. The maximum absolute atomic E-state index is 5.31. The Labute approximate surface area is 113 Å². The quantitative estimate of drug-likeness (QED) is 0.777. The molecule has 0 unspecified atom stereocenters. The van der Waals surface area contributed by atoms with E-state index in [1.165, 1.54) is 0 Å². The molecule has 0 bridgehead atoms. The first-order valence-electron chi connectivity index (χ1n) is 6.35. The van der Waals surface area contributed by atoms with Gasteiger partial charge in [0.15, 0.2) is 11.5 Å². The van der Waals surface area contributed by atoms with Gasteiger partial charge in [-0.1, -0.05) is 0 Å². The van der Waals surface area contributed by atoms with Gasteiger partial charge in [0, 0.05) is 5.56 Å². The van der Waals surface area contributed by atoms with Crippen LogP contribution in [0.15, 0.2) is 23.3 Å². The van der Waals surface area contributed by atoms with Gasteiger partial charge in [0.2, 0.25) is 0 Å². The molecule has 0 spiro atoms. The number of hydrogen-bond donors (Lipinski definition) is 0. The fourth-order valence-corrected chi connectivity index (χ4v) is 1.98. The summed E-state index contributed by atoms with van der Waals surface area (Å²) in [6.07, 6.45) is 0. The third kappa shape index (κ3) is 3.38. The fraction of sp³-hybridized carbons (Fsp3) is 0.500. The Morgan fingerprint density at radius 2 is 1.84 bits per heavy atom. The molecule has 19 heavy (non-hydrogen) atoms. The van der Waals surface area contributed by atoms with E-state index < -0.39 is 0 Å². The molecule has 0 N–H and O–H groups in total. The Hall–Kier alpha value is -1.75. The molecular weight excluding hydrogens is 244 g/mol. The van der Waals surface area contributed by atoms with E-state index in [4.69, 9.17) is 14.2 Å². The van der Waals surface area contributed by atoms with Crippen molar-refractivity contribution in [2.45, 2.75) is 6.92 Å². The molecule has 104 valence electrons. The van der Waals surface area contributed by atoms with Crippen molar-refractivity contribution in [1.29, 1.82) is 0 Å². The second kappa shape index (κ2) is 6.43. The van der Waals surface area contributed by atoms with Crippen LogP contribution >= 0.6 is 0 Å². The van der Waals surface area contributed by atoms with Crippen LogP contribution in [0.4, 0.5) is 0 Å². The number of ether oxygens (including phenoxy) is 3. The summed E-state index contributed by atoms with van der Waals surface area (Å²) < 4.78 is 15.8. The first-order chi connectivity index (χ1) is 9.24. The normalized spacial score (nSPS) is 16.4. The lowest BCUT2D eigenvalue weighted by Crippen LogP contribution is -2.33. The van der Waals surface area contributed by atoms with Crippen molar-refractivity contribution in [3.8, 4) is 11.5 Å². The predicted molar refractivity (Wildman–Crippen MR) is 74.1 cm³/mol. The van der Waals surface area contributed by atoms with Gasteiger partial charge < -0.3 is 14.2 Å². The molecule has 0 aromatic heterocycles. The van der Waals surface area contributed by atoms with Crippen LogP contribution in [-0.4, -0.2) is 51.2 Å². The predicted octanol–water partition coefficient (Wildman–Crippen LogP) is 1.76. The summed E-state index contributed by atoms with van der Waals surface area (Å²) in [6, 6.07) is 5.82. The van der Waals surface area contributed by atoms with Crippen molar-refractivity contribution >= 4 is 5.71 Å². The van der Waals surface area contributed by atoms with Crippen molar-refractivity contribution in [3.63, 3.8) is 0 Å². The molecule has 0 radical (unpaired) electrons. The average Bonchev–Trinajstić information content (AvgIpc) is 2.47. The Balaban J connectivity index is 2.18. The minimum Gasteiger partial charge on any atom is -0.493 e. The zero-order chi connectivity index (χ0) is 13.7.